The predicted molar refractivity (Wildman–Crippen MR) is 49.8 cm³/mol. The van der Waals surface area contributed by atoms with Crippen LogP contribution in [-0.2, 0) is 4.74 Å². The minimum Gasteiger partial charge on any atom is -0.388 e. The molecule has 7 nitrogen and oxygen atoms in total. The molecule has 17 heavy (non-hydrogen) atoms. The molecule has 0 aromatic rings. The van der Waals surface area contributed by atoms with Crippen LogP contribution in [0.2, 0.25) is 0 Å². The van der Waals surface area contributed by atoms with Gasteiger partial charge in [-0.2, -0.15) is 8.78 Å². The number of hydrogen-bond donors (Lipinski definition) is 6. The molecule has 1 fully saturated rings. The van der Waals surface area contributed by atoms with Crippen LogP contribution in [0.3, 0.4) is 0 Å². The van der Waals surface area contributed by atoms with Gasteiger partial charge in [-0.25, -0.2) is 0 Å². The summed E-state index contributed by atoms with van der Waals surface area (Å²) in [6.07, 6.45) is -10.5. The highest BCUT2D eigenvalue weighted by Crippen LogP contribution is 2.48. The molecule has 1 saturated heterocycles. The van der Waals surface area contributed by atoms with Crippen molar-refractivity contribution < 1.29 is 43.7 Å². The summed E-state index contributed by atoms with van der Waals surface area (Å²) in [5.41, 5.74) is -3.91. The lowest BCUT2D eigenvalue weighted by Crippen LogP contribution is -2.58. The first-order valence-electron chi connectivity index (χ1n) is 4.60. The summed E-state index contributed by atoms with van der Waals surface area (Å²) in [7, 11) is -3.58. The Morgan fingerprint density at radius 2 is 1.53 bits per heavy atom. The minimum absolute atomic E-state index is 1.30. The monoisotopic (exact) mass is 278 g/mol. The predicted octanol–water partition coefficient (Wildman–Crippen LogP) is -1.93. The molecule has 0 saturated carbocycles. The van der Waals surface area contributed by atoms with Crippen molar-refractivity contribution in [2.75, 3.05) is 0 Å². The fourth-order valence-corrected chi connectivity index (χ4v) is 1.77. The highest BCUT2D eigenvalue weighted by atomic mass is 31.2. The van der Waals surface area contributed by atoms with E-state index in [0.717, 1.165) is 0 Å². The number of rotatable bonds is 3. The van der Waals surface area contributed by atoms with E-state index in [9.17, 15) is 19.0 Å². The first-order valence-corrected chi connectivity index (χ1v) is 5.85. The Morgan fingerprint density at radius 3 is 2.00 bits per heavy atom. The highest BCUT2D eigenvalue weighted by molar-refractivity contribution is 7.46. The standard InChI is InChI=1S/C7H13F2O7P/c8-7(9,17(14)15)1-2-3(10)4(11)5(12)6(13)16-2/h2-6,10-15H,1H2/t2?,3-,4?,5?,6+/m1/s1. The summed E-state index contributed by atoms with van der Waals surface area (Å²) in [6.45, 7) is 0. The molecule has 0 aliphatic carbocycles. The summed E-state index contributed by atoms with van der Waals surface area (Å²) in [5.74, 6) is 0. The number of ether oxygens (including phenoxy) is 1. The van der Waals surface area contributed by atoms with Crippen LogP contribution in [-0.4, -0.2) is 66.6 Å². The van der Waals surface area contributed by atoms with E-state index in [2.05, 4.69) is 4.74 Å². The molecule has 0 radical (unpaired) electrons. The second-order valence-electron chi connectivity index (χ2n) is 3.70. The molecule has 0 amide bonds. The molecule has 6 N–H and O–H groups in total. The van der Waals surface area contributed by atoms with Gasteiger partial charge in [-0.1, -0.05) is 0 Å². The van der Waals surface area contributed by atoms with Crippen LogP contribution in [0, 0.1) is 0 Å². The number of alkyl halides is 2. The van der Waals surface area contributed by atoms with Gasteiger partial charge in [0.2, 0.25) is 8.38 Å². The lowest BCUT2D eigenvalue weighted by atomic mass is 9.97. The smallest absolute Gasteiger partial charge is 0.317 e. The fraction of sp³-hybridized carbons (Fsp3) is 1.00. The van der Waals surface area contributed by atoms with Gasteiger partial charge < -0.3 is 34.9 Å². The second-order valence-corrected chi connectivity index (χ2v) is 4.93. The second kappa shape index (κ2) is 5.33. The van der Waals surface area contributed by atoms with Crippen molar-refractivity contribution in [3.05, 3.63) is 0 Å². The van der Waals surface area contributed by atoms with Crippen LogP contribution in [0.4, 0.5) is 8.78 Å². The SMILES string of the molecule is OC1C(O)[C@@H](O)OC(CC(F)(F)P(O)O)[C@H]1O. The molecule has 10 heteroatoms. The van der Waals surface area contributed by atoms with E-state index in [1.807, 2.05) is 0 Å². The van der Waals surface area contributed by atoms with E-state index in [0.29, 0.717) is 0 Å². The first-order chi connectivity index (χ1) is 7.66. The zero-order chi connectivity index (χ0) is 13.4. The molecule has 0 aromatic carbocycles. The Hall–Kier alpha value is 0.01000. The molecule has 0 bridgehead atoms. The topological polar surface area (TPSA) is 131 Å². The zero-order valence-electron chi connectivity index (χ0n) is 8.39. The van der Waals surface area contributed by atoms with E-state index >= 15 is 0 Å². The summed E-state index contributed by atoms with van der Waals surface area (Å²) in [4.78, 5) is 16.9. The Bertz CT molecular complexity index is 267. The van der Waals surface area contributed by atoms with Gasteiger partial charge >= 0.3 is 5.66 Å². The van der Waals surface area contributed by atoms with Gasteiger partial charge in [0.1, 0.15) is 18.3 Å². The van der Waals surface area contributed by atoms with Gasteiger partial charge in [0.15, 0.2) is 6.29 Å². The third-order valence-electron chi connectivity index (χ3n) is 2.43. The van der Waals surface area contributed by atoms with Gasteiger partial charge in [-0.15, -0.1) is 0 Å². The van der Waals surface area contributed by atoms with Gasteiger partial charge in [-0.05, 0) is 0 Å². The Kier molecular flexibility index (Phi) is 4.73. The van der Waals surface area contributed by atoms with Crippen molar-refractivity contribution in [3.63, 3.8) is 0 Å². The highest BCUT2D eigenvalue weighted by Gasteiger charge is 2.49. The normalized spacial score (nSPS) is 39.7. The Balaban J connectivity index is 2.72. The molecule has 1 heterocycles. The van der Waals surface area contributed by atoms with Crippen molar-refractivity contribution >= 4 is 8.38 Å². The van der Waals surface area contributed by atoms with Crippen LogP contribution < -0.4 is 0 Å². The molecule has 1 rings (SSSR count). The summed E-state index contributed by atoms with van der Waals surface area (Å²) in [6, 6.07) is 0. The Labute approximate surface area is 95.8 Å². The van der Waals surface area contributed by atoms with Gasteiger partial charge in [0.05, 0.1) is 6.10 Å². The molecule has 102 valence electrons. The van der Waals surface area contributed by atoms with Crippen molar-refractivity contribution in [3.8, 4) is 0 Å². The average Bonchev–Trinajstić information content (AvgIpc) is 2.22. The maximum absolute atomic E-state index is 13.0. The Morgan fingerprint density at radius 1 is 1.00 bits per heavy atom. The van der Waals surface area contributed by atoms with E-state index in [1.165, 1.54) is 0 Å². The molecule has 0 aromatic heterocycles. The van der Waals surface area contributed by atoms with Crippen LogP contribution in [0.25, 0.3) is 0 Å². The number of halogens is 2. The molecular formula is C7H13F2O7P. The quantitative estimate of drug-likeness (QED) is 0.331. The minimum atomic E-state index is -3.91. The molecule has 5 atom stereocenters. The molecule has 3 unspecified atom stereocenters. The van der Waals surface area contributed by atoms with Crippen molar-refractivity contribution in [2.24, 2.45) is 0 Å². The number of aliphatic hydroxyl groups is 4. The maximum Gasteiger partial charge on any atom is 0.317 e. The molecular weight excluding hydrogens is 265 g/mol. The number of hydrogen-bond acceptors (Lipinski definition) is 7. The summed E-state index contributed by atoms with van der Waals surface area (Å²) >= 11 is 0. The third kappa shape index (κ3) is 3.27. The van der Waals surface area contributed by atoms with E-state index < -0.39 is 51.2 Å². The van der Waals surface area contributed by atoms with Crippen LogP contribution in [0.15, 0.2) is 0 Å². The van der Waals surface area contributed by atoms with Gasteiger partial charge in [0, 0.05) is 6.42 Å². The summed E-state index contributed by atoms with van der Waals surface area (Å²) in [5, 5.41) is 36.7. The van der Waals surface area contributed by atoms with Crippen LogP contribution in [0.5, 0.6) is 0 Å². The van der Waals surface area contributed by atoms with Crippen molar-refractivity contribution in [1.82, 2.24) is 0 Å². The fourth-order valence-electron chi connectivity index (χ4n) is 1.42. The molecule has 0 spiro atoms. The van der Waals surface area contributed by atoms with E-state index in [4.69, 9.17) is 20.0 Å². The first kappa shape index (κ1) is 15.1. The van der Waals surface area contributed by atoms with Crippen LogP contribution in [0.1, 0.15) is 6.42 Å². The maximum atomic E-state index is 13.0. The third-order valence-corrected chi connectivity index (χ3v) is 3.19. The lowest BCUT2D eigenvalue weighted by molar-refractivity contribution is -0.287. The van der Waals surface area contributed by atoms with Crippen LogP contribution >= 0.6 is 8.38 Å². The van der Waals surface area contributed by atoms with Gasteiger partial charge in [0.25, 0.3) is 0 Å². The number of aliphatic hydroxyl groups excluding tert-OH is 4. The largest absolute Gasteiger partial charge is 0.388 e. The zero-order valence-corrected chi connectivity index (χ0v) is 9.28. The molecule has 1 aliphatic heterocycles. The average molecular weight is 278 g/mol. The lowest BCUT2D eigenvalue weighted by Gasteiger charge is -2.39. The summed E-state index contributed by atoms with van der Waals surface area (Å²) < 4.78 is 30.4. The van der Waals surface area contributed by atoms with E-state index in [1.54, 1.807) is 0 Å². The van der Waals surface area contributed by atoms with E-state index in [-0.39, 0.29) is 0 Å². The molecule has 1 aliphatic rings. The van der Waals surface area contributed by atoms with Crippen molar-refractivity contribution in [2.45, 2.75) is 42.8 Å². The van der Waals surface area contributed by atoms with Gasteiger partial charge in [-0.3, -0.25) is 0 Å². The van der Waals surface area contributed by atoms with Crippen molar-refractivity contribution in [1.29, 1.82) is 0 Å².